The Bertz CT molecular complexity index is 734. The Morgan fingerprint density at radius 3 is 2.57 bits per heavy atom. The van der Waals surface area contributed by atoms with Crippen LogP contribution in [-0.2, 0) is 13.0 Å². The lowest BCUT2D eigenvalue weighted by atomic mass is 10.2. The molecule has 0 aliphatic rings. The summed E-state index contributed by atoms with van der Waals surface area (Å²) < 4.78 is 2.08. The van der Waals surface area contributed by atoms with Crippen molar-refractivity contribution in [1.82, 2.24) is 9.55 Å². The van der Waals surface area contributed by atoms with Gasteiger partial charge in [-0.1, -0.05) is 43.0 Å². The molecule has 0 amide bonds. The number of benzene rings is 2. The van der Waals surface area contributed by atoms with Gasteiger partial charge in [-0.15, -0.1) is 0 Å². The summed E-state index contributed by atoms with van der Waals surface area (Å²) in [6.45, 7) is 2.83. The maximum Gasteiger partial charge on any atom is 0.174 e. The molecule has 2 aromatic carbocycles. The van der Waals surface area contributed by atoms with Gasteiger partial charge in [0, 0.05) is 11.4 Å². The van der Waals surface area contributed by atoms with Gasteiger partial charge in [-0.05, 0) is 36.2 Å². The first-order valence-electron chi connectivity index (χ1n) is 7.14. The zero-order valence-corrected chi connectivity index (χ0v) is 12.8. The highest BCUT2D eigenvalue weighted by Crippen LogP contribution is 2.30. The standard InChI is InChI=1S/C17H18N2OS/c1-2-13-7-9-14(10-8-13)21-17-18-15-5-3-4-6-16(15)19(17)11-12-20/h3-10,20H,2,11-12H2,1H3. The number of rotatable bonds is 5. The quantitative estimate of drug-likeness (QED) is 0.779. The van der Waals surface area contributed by atoms with Gasteiger partial charge < -0.3 is 9.67 Å². The third kappa shape index (κ3) is 2.96. The minimum atomic E-state index is 0.114. The van der Waals surface area contributed by atoms with Crippen molar-refractivity contribution in [2.45, 2.75) is 29.9 Å². The average Bonchev–Trinajstić information content (AvgIpc) is 2.86. The fourth-order valence-corrected chi connectivity index (χ4v) is 3.27. The molecule has 108 valence electrons. The summed E-state index contributed by atoms with van der Waals surface area (Å²) in [4.78, 5) is 5.85. The molecule has 0 radical (unpaired) electrons. The number of imidazole rings is 1. The molecule has 0 fully saturated rings. The van der Waals surface area contributed by atoms with E-state index in [2.05, 4.69) is 40.7 Å². The Morgan fingerprint density at radius 1 is 1.10 bits per heavy atom. The number of hydrogen-bond donors (Lipinski definition) is 1. The zero-order chi connectivity index (χ0) is 14.7. The van der Waals surface area contributed by atoms with Crippen LogP contribution < -0.4 is 0 Å². The number of aryl methyl sites for hydroxylation is 1. The van der Waals surface area contributed by atoms with E-state index in [9.17, 15) is 5.11 Å². The van der Waals surface area contributed by atoms with Crippen LogP contribution in [0.1, 0.15) is 12.5 Å². The van der Waals surface area contributed by atoms with Crippen molar-refractivity contribution < 1.29 is 5.11 Å². The molecule has 0 atom stereocenters. The van der Waals surface area contributed by atoms with E-state index in [1.807, 2.05) is 24.3 Å². The zero-order valence-electron chi connectivity index (χ0n) is 12.0. The minimum Gasteiger partial charge on any atom is -0.395 e. The second-order valence-electron chi connectivity index (χ2n) is 4.86. The number of aliphatic hydroxyl groups excluding tert-OH is 1. The van der Waals surface area contributed by atoms with Crippen molar-refractivity contribution in [3.05, 3.63) is 54.1 Å². The minimum absolute atomic E-state index is 0.114. The summed E-state index contributed by atoms with van der Waals surface area (Å²) >= 11 is 1.64. The number of fused-ring (bicyclic) bond motifs is 1. The highest BCUT2D eigenvalue weighted by Gasteiger charge is 2.11. The normalized spacial score (nSPS) is 11.1. The molecular weight excluding hydrogens is 280 g/mol. The molecular formula is C17H18N2OS. The van der Waals surface area contributed by atoms with Crippen molar-refractivity contribution in [2.75, 3.05) is 6.61 Å². The average molecular weight is 298 g/mol. The third-order valence-corrected chi connectivity index (χ3v) is 4.49. The summed E-state index contributed by atoms with van der Waals surface area (Å²) in [5.74, 6) is 0. The second kappa shape index (κ2) is 6.33. The Balaban J connectivity index is 1.96. The van der Waals surface area contributed by atoms with Gasteiger partial charge in [0.15, 0.2) is 5.16 Å². The predicted octanol–water partition coefficient (Wildman–Crippen LogP) is 3.74. The lowest BCUT2D eigenvalue weighted by molar-refractivity contribution is 0.273. The van der Waals surface area contributed by atoms with Gasteiger partial charge in [-0.25, -0.2) is 4.98 Å². The number of nitrogens with zero attached hydrogens (tertiary/aromatic N) is 2. The van der Waals surface area contributed by atoms with Gasteiger partial charge >= 0.3 is 0 Å². The first-order valence-corrected chi connectivity index (χ1v) is 7.96. The molecule has 0 aliphatic heterocycles. The molecule has 21 heavy (non-hydrogen) atoms. The van der Waals surface area contributed by atoms with Crippen molar-refractivity contribution in [3.63, 3.8) is 0 Å². The Kier molecular flexibility index (Phi) is 4.27. The van der Waals surface area contributed by atoms with Crippen molar-refractivity contribution >= 4 is 22.8 Å². The topological polar surface area (TPSA) is 38.0 Å². The number of para-hydroxylation sites is 2. The van der Waals surface area contributed by atoms with E-state index in [0.717, 1.165) is 22.6 Å². The molecule has 1 heterocycles. The molecule has 3 rings (SSSR count). The van der Waals surface area contributed by atoms with Gasteiger partial charge in [-0.3, -0.25) is 0 Å². The fraction of sp³-hybridized carbons (Fsp3) is 0.235. The number of aromatic nitrogens is 2. The van der Waals surface area contributed by atoms with Crippen LogP contribution in [0.3, 0.4) is 0 Å². The first kappa shape index (κ1) is 14.2. The van der Waals surface area contributed by atoms with Crippen LogP contribution in [0.4, 0.5) is 0 Å². The van der Waals surface area contributed by atoms with Crippen LogP contribution in [0, 0.1) is 0 Å². The lowest BCUT2D eigenvalue weighted by Gasteiger charge is -2.07. The summed E-state index contributed by atoms with van der Waals surface area (Å²) in [6.07, 6.45) is 1.05. The van der Waals surface area contributed by atoms with E-state index in [-0.39, 0.29) is 6.61 Å². The van der Waals surface area contributed by atoms with Crippen molar-refractivity contribution in [2.24, 2.45) is 0 Å². The smallest absolute Gasteiger partial charge is 0.174 e. The summed E-state index contributed by atoms with van der Waals surface area (Å²) in [5, 5.41) is 10.2. The lowest BCUT2D eigenvalue weighted by Crippen LogP contribution is -2.03. The molecule has 3 aromatic rings. The highest BCUT2D eigenvalue weighted by atomic mass is 32.2. The maximum atomic E-state index is 9.30. The molecule has 0 aliphatic carbocycles. The molecule has 0 spiro atoms. The molecule has 3 nitrogen and oxygen atoms in total. The molecule has 1 aromatic heterocycles. The molecule has 0 saturated carbocycles. The Morgan fingerprint density at radius 2 is 1.86 bits per heavy atom. The maximum absolute atomic E-state index is 9.30. The van der Waals surface area contributed by atoms with Gasteiger partial charge in [0.2, 0.25) is 0 Å². The van der Waals surface area contributed by atoms with Crippen molar-refractivity contribution in [3.8, 4) is 0 Å². The predicted molar refractivity (Wildman–Crippen MR) is 86.8 cm³/mol. The Hall–Kier alpha value is -1.78. The largest absolute Gasteiger partial charge is 0.395 e. The second-order valence-corrected chi connectivity index (χ2v) is 5.90. The molecule has 1 N–H and O–H groups in total. The monoisotopic (exact) mass is 298 g/mol. The van der Waals surface area contributed by atoms with E-state index < -0.39 is 0 Å². The van der Waals surface area contributed by atoms with E-state index in [4.69, 9.17) is 0 Å². The van der Waals surface area contributed by atoms with E-state index in [1.54, 1.807) is 11.8 Å². The van der Waals surface area contributed by atoms with E-state index in [0.29, 0.717) is 6.54 Å². The summed E-state index contributed by atoms with van der Waals surface area (Å²) in [5.41, 5.74) is 3.38. The van der Waals surface area contributed by atoms with Gasteiger partial charge in [0.05, 0.1) is 17.6 Å². The molecule has 0 saturated heterocycles. The number of hydrogen-bond acceptors (Lipinski definition) is 3. The molecule has 0 unspecified atom stereocenters. The van der Waals surface area contributed by atoms with Crippen LogP contribution >= 0.6 is 11.8 Å². The third-order valence-electron chi connectivity index (χ3n) is 3.48. The van der Waals surface area contributed by atoms with Crippen LogP contribution in [-0.4, -0.2) is 21.3 Å². The number of aliphatic hydroxyl groups is 1. The summed E-state index contributed by atoms with van der Waals surface area (Å²) in [6, 6.07) is 16.6. The highest BCUT2D eigenvalue weighted by molar-refractivity contribution is 7.99. The van der Waals surface area contributed by atoms with Crippen LogP contribution in [0.5, 0.6) is 0 Å². The molecule has 0 bridgehead atoms. The van der Waals surface area contributed by atoms with Gasteiger partial charge in [0.1, 0.15) is 0 Å². The van der Waals surface area contributed by atoms with Gasteiger partial charge in [0.25, 0.3) is 0 Å². The van der Waals surface area contributed by atoms with Crippen LogP contribution in [0.25, 0.3) is 11.0 Å². The first-order chi connectivity index (χ1) is 10.3. The Labute approximate surface area is 128 Å². The van der Waals surface area contributed by atoms with Crippen LogP contribution in [0.2, 0.25) is 0 Å². The van der Waals surface area contributed by atoms with Crippen molar-refractivity contribution in [1.29, 1.82) is 0 Å². The SMILES string of the molecule is CCc1ccc(Sc2nc3ccccc3n2CCO)cc1. The van der Waals surface area contributed by atoms with E-state index >= 15 is 0 Å². The van der Waals surface area contributed by atoms with Crippen LogP contribution in [0.15, 0.2) is 58.6 Å². The van der Waals surface area contributed by atoms with Gasteiger partial charge in [-0.2, -0.15) is 0 Å². The molecule has 4 heteroatoms. The fourth-order valence-electron chi connectivity index (χ4n) is 2.35. The summed E-state index contributed by atoms with van der Waals surface area (Å²) in [7, 11) is 0. The van der Waals surface area contributed by atoms with E-state index in [1.165, 1.54) is 10.5 Å².